The minimum absolute atomic E-state index is 0.952. The third-order valence-electron chi connectivity index (χ3n) is 2.82. The molecule has 2 aromatic carbocycles. The topological polar surface area (TPSA) is 9.23 Å². The Morgan fingerprint density at radius 2 is 1.67 bits per heavy atom. The van der Waals surface area contributed by atoms with E-state index in [1.54, 1.807) is 7.11 Å². The number of hydrogen-bond acceptors (Lipinski definition) is 1. The van der Waals surface area contributed by atoms with Gasteiger partial charge in [0.05, 0.1) is 7.11 Å². The van der Waals surface area contributed by atoms with Crippen LogP contribution in [-0.4, -0.2) is 7.11 Å². The van der Waals surface area contributed by atoms with Crippen LogP contribution in [0.5, 0.6) is 5.75 Å². The van der Waals surface area contributed by atoms with Gasteiger partial charge in [0.25, 0.3) is 0 Å². The summed E-state index contributed by atoms with van der Waals surface area (Å²) in [6.07, 6.45) is 2.20. The Balaban J connectivity index is 2.30. The fraction of sp³-hybridized carbons (Fsp3) is 0.0714. The molecule has 2 aromatic rings. The number of methoxy groups -OCH3 is 1. The highest BCUT2D eigenvalue weighted by Crippen LogP contribution is 2.43. The molecule has 0 heterocycles. The van der Waals surface area contributed by atoms with Crippen molar-refractivity contribution in [2.75, 3.05) is 7.11 Å². The molecule has 1 aliphatic rings. The average molecular weight is 195 g/mol. The van der Waals surface area contributed by atoms with Crippen molar-refractivity contribution in [1.29, 1.82) is 0 Å². The summed E-state index contributed by atoms with van der Waals surface area (Å²) in [7, 11) is 1.72. The van der Waals surface area contributed by atoms with Crippen molar-refractivity contribution in [2.24, 2.45) is 0 Å². The lowest BCUT2D eigenvalue weighted by Crippen LogP contribution is -1.87. The highest BCUT2D eigenvalue weighted by atomic mass is 16.5. The van der Waals surface area contributed by atoms with E-state index in [-0.39, 0.29) is 0 Å². The van der Waals surface area contributed by atoms with E-state index in [2.05, 4.69) is 36.8 Å². The van der Waals surface area contributed by atoms with Crippen LogP contribution in [0.4, 0.5) is 0 Å². The quantitative estimate of drug-likeness (QED) is 0.579. The molecule has 0 spiro atoms. The van der Waals surface area contributed by atoms with Crippen LogP contribution in [0.3, 0.4) is 0 Å². The molecule has 0 saturated carbocycles. The second-order valence-electron chi connectivity index (χ2n) is 3.66. The highest BCUT2D eigenvalue weighted by Gasteiger charge is 2.21. The summed E-state index contributed by atoms with van der Waals surface area (Å²) < 4.78 is 5.39. The fourth-order valence-electron chi connectivity index (χ4n) is 2.14. The van der Waals surface area contributed by atoms with Gasteiger partial charge in [0.2, 0.25) is 0 Å². The first kappa shape index (κ1) is 8.54. The lowest BCUT2D eigenvalue weighted by atomic mass is 10.1. The van der Waals surface area contributed by atoms with Crippen LogP contribution in [-0.2, 0) is 0 Å². The van der Waals surface area contributed by atoms with Crippen molar-refractivity contribution < 1.29 is 4.74 Å². The van der Waals surface area contributed by atoms with Crippen molar-refractivity contribution in [3.05, 3.63) is 60.0 Å². The maximum atomic E-state index is 5.39. The first-order chi connectivity index (χ1) is 7.40. The van der Waals surface area contributed by atoms with Gasteiger partial charge in [0.1, 0.15) is 5.75 Å². The summed E-state index contributed by atoms with van der Waals surface area (Å²) in [6, 6.07) is 14.6. The largest absolute Gasteiger partial charge is 0.496 e. The predicted molar refractivity (Wildman–Crippen MR) is 60.9 cm³/mol. The SMILES string of the molecule is COc1cccc2c1-c1ccccc1[CH]2. The second kappa shape index (κ2) is 3.13. The lowest BCUT2D eigenvalue weighted by Gasteiger charge is -2.07. The normalized spacial score (nSPS) is 12.1. The van der Waals surface area contributed by atoms with E-state index in [9.17, 15) is 0 Å². The summed E-state index contributed by atoms with van der Waals surface area (Å²) in [4.78, 5) is 0. The van der Waals surface area contributed by atoms with Crippen LogP contribution in [0.2, 0.25) is 0 Å². The van der Waals surface area contributed by atoms with Crippen LogP contribution >= 0.6 is 0 Å². The van der Waals surface area contributed by atoms with Gasteiger partial charge in [0, 0.05) is 12.0 Å². The number of rotatable bonds is 1. The smallest absolute Gasteiger partial charge is 0.126 e. The number of hydrogen-bond donors (Lipinski definition) is 0. The Hall–Kier alpha value is -1.76. The molecule has 0 amide bonds. The molecule has 1 nitrogen and oxygen atoms in total. The summed E-state index contributed by atoms with van der Waals surface area (Å²) in [5.41, 5.74) is 5.01. The first-order valence-electron chi connectivity index (χ1n) is 5.01. The van der Waals surface area contributed by atoms with Crippen LogP contribution < -0.4 is 4.74 Å². The zero-order valence-electron chi connectivity index (χ0n) is 8.53. The Labute approximate surface area is 89.3 Å². The standard InChI is InChI=1S/C14H11O/c1-15-13-8-4-6-11-9-10-5-2-3-7-12(10)14(11)13/h2-9H,1H3. The first-order valence-corrected chi connectivity index (χ1v) is 5.01. The van der Waals surface area contributed by atoms with E-state index in [0.717, 1.165) is 5.75 Å². The van der Waals surface area contributed by atoms with E-state index < -0.39 is 0 Å². The van der Waals surface area contributed by atoms with Crippen molar-refractivity contribution in [3.8, 4) is 16.9 Å². The fourth-order valence-corrected chi connectivity index (χ4v) is 2.14. The number of ether oxygens (including phenoxy) is 1. The van der Waals surface area contributed by atoms with E-state index in [1.807, 2.05) is 12.1 Å². The lowest BCUT2D eigenvalue weighted by molar-refractivity contribution is 0.416. The molecule has 0 aromatic heterocycles. The molecule has 15 heavy (non-hydrogen) atoms. The van der Waals surface area contributed by atoms with Gasteiger partial charge in [-0.2, -0.15) is 0 Å². The Kier molecular flexibility index (Phi) is 1.78. The molecule has 1 radical (unpaired) electrons. The summed E-state index contributed by atoms with van der Waals surface area (Å²) in [6.45, 7) is 0. The van der Waals surface area contributed by atoms with E-state index in [4.69, 9.17) is 4.74 Å². The summed E-state index contributed by atoms with van der Waals surface area (Å²) >= 11 is 0. The van der Waals surface area contributed by atoms with Crippen molar-refractivity contribution in [3.63, 3.8) is 0 Å². The van der Waals surface area contributed by atoms with Gasteiger partial charge < -0.3 is 4.74 Å². The van der Waals surface area contributed by atoms with Gasteiger partial charge in [-0.3, -0.25) is 0 Å². The Morgan fingerprint density at radius 3 is 2.53 bits per heavy atom. The molecule has 0 bridgehead atoms. The van der Waals surface area contributed by atoms with Crippen LogP contribution in [0.1, 0.15) is 11.1 Å². The van der Waals surface area contributed by atoms with Gasteiger partial charge >= 0.3 is 0 Å². The van der Waals surface area contributed by atoms with Gasteiger partial charge in [-0.25, -0.2) is 0 Å². The van der Waals surface area contributed by atoms with Crippen LogP contribution in [0, 0.1) is 6.42 Å². The third kappa shape index (κ3) is 1.16. The summed E-state index contributed by atoms with van der Waals surface area (Å²) in [5, 5.41) is 0. The molecular formula is C14H11O. The molecule has 73 valence electrons. The average Bonchev–Trinajstić information content (AvgIpc) is 2.67. The van der Waals surface area contributed by atoms with Crippen LogP contribution in [0.15, 0.2) is 42.5 Å². The maximum absolute atomic E-state index is 5.39. The second-order valence-corrected chi connectivity index (χ2v) is 3.66. The third-order valence-corrected chi connectivity index (χ3v) is 2.82. The van der Waals surface area contributed by atoms with E-state index in [1.165, 1.54) is 22.3 Å². The highest BCUT2D eigenvalue weighted by molar-refractivity contribution is 5.85. The Bertz CT molecular complexity index is 514. The van der Waals surface area contributed by atoms with Gasteiger partial charge in [-0.1, -0.05) is 36.4 Å². The molecule has 0 N–H and O–H groups in total. The van der Waals surface area contributed by atoms with Crippen molar-refractivity contribution >= 4 is 0 Å². The van der Waals surface area contributed by atoms with Crippen molar-refractivity contribution in [1.82, 2.24) is 0 Å². The van der Waals surface area contributed by atoms with Gasteiger partial charge in [0.15, 0.2) is 0 Å². The molecule has 1 aliphatic carbocycles. The Morgan fingerprint density at radius 1 is 0.867 bits per heavy atom. The minimum atomic E-state index is 0.952. The zero-order valence-corrected chi connectivity index (χ0v) is 8.53. The maximum Gasteiger partial charge on any atom is 0.126 e. The molecule has 0 unspecified atom stereocenters. The van der Waals surface area contributed by atoms with Gasteiger partial charge in [-0.05, 0) is 22.8 Å². The minimum Gasteiger partial charge on any atom is -0.496 e. The van der Waals surface area contributed by atoms with Crippen molar-refractivity contribution in [2.45, 2.75) is 0 Å². The monoisotopic (exact) mass is 195 g/mol. The number of benzene rings is 2. The molecule has 0 aliphatic heterocycles. The van der Waals surface area contributed by atoms with Crippen LogP contribution in [0.25, 0.3) is 11.1 Å². The van der Waals surface area contributed by atoms with Gasteiger partial charge in [-0.15, -0.1) is 0 Å². The molecule has 0 atom stereocenters. The molecule has 3 rings (SSSR count). The molecule has 1 heteroatoms. The molecule has 0 fully saturated rings. The summed E-state index contributed by atoms with van der Waals surface area (Å²) in [5.74, 6) is 0.952. The van der Waals surface area contributed by atoms with E-state index >= 15 is 0 Å². The predicted octanol–water partition coefficient (Wildman–Crippen LogP) is 3.28. The molecule has 0 saturated heterocycles. The zero-order chi connectivity index (χ0) is 10.3. The van der Waals surface area contributed by atoms with E-state index in [0.29, 0.717) is 0 Å². The number of fused-ring (bicyclic) bond motifs is 3. The molecular weight excluding hydrogens is 184 g/mol.